The number of rotatable bonds is 2. The summed E-state index contributed by atoms with van der Waals surface area (Å²) in [6, 6.07) is 9.86. The molecule has 0 fully saturated rings. The summed E-state index contributed by atoms with van der Waals surface area (Å²) < 4.78 is 5.31. The fourth-order valence-electron chi connectivity index (χ4n) is 1.59. The molecule has 0 saturated carbocycles. The maximum atomic E-state index is 5.90. The summed E-state index contributed by atoms with van der Waals surface area (Å²) >= 11 is 5.90. The van der Waals surface area contributed by atoms with Gasteiger partial charge in [-0.2, -0.15) is 0 Å². The molecule has 3 heteroatoms. The van der Waals surface area contributed by atoms with E-state index < -0.39 is 0 Å². The van der Waals surface area contributed by atoms with Crippen molar-refractivity contribution in [2.24, 2.45) is 0 Å². The quantitative estimate of drug-likeness (QED) is 0.738. The smallest absolute Gasteiger partial charge is 0.131 e. The molecule has 0 spiro atoms. The van der Waals surface area contributed by atoms with Crippen LogP contribution in [0.4, 0.5) is 0 Å². The Morgan fingerprint density at radius 2 is 2.00 bits per heavy atom. The minimum atomic E-state index is 0.540. The normalized spacial score (nSPS) is 10.2. The Morgan fingerprint density at radius 1 is 1.25 bits per heavy atom. The van der Waals surface area contributed by atoms with Crippen molar-refractivity contribution in [2.75, 3.05) is 7.11 Å². The molecule has 0 unspecified atom stereocenters. The Morgan fingerprint density at radius 3 is 2.69 bits per heavy atom. The zero-order chi connectivity index (χ0) is 11.5. The van der Waals surface area contributed by atoms with Gasteiger partial charge in [0.2, 0.25) is 0 Å². The third-order valence-electron chi connectivity index (χ3n) is 2.43. The van der Waals surface area contributed by atoms with Crippen molar-refractivity contribution < 1.29 is 4.74 Å². The molecule has 1 aromatic heterocycles. The maximum absolute atomic E-state index is 5.90. The first-order valence-electron chi connectivity index (χ1n) is 4.98. The van der Waals surface area contributed by atoms with Crippen LogP contribution in [0.5, 0.6) is 5.75 Å². The molecule has 0 bridgehead atoms. The van der Waals surface area contributed by atoms with E-state index in [-0.39, 0.29) is 0 Å². The largest absolute Gasteiger partial charge is 0.496 e. The zero-order valence-corrected chi connectivity index (χ0v) is 9.95. The first-order chi connectivity index (χ1) is 7.72. The Bertz CT molecular complexity index is 511. The van der Waals surface area contributed by atoms with Gasteiger partial charge in [0.25, 0.3) is 0 Å². The number of aryl methyl sites for hydroxylation is 1. The van der Waals surface area contributed by atoms with Crippen LogP contribution >= 0.6 is 11.6 Å². The zero-order valence-electron chi connectivity index (χ0n) is 9.20. The van der Waals surface area contributed by atoms with Crippen LogP contribution in [-0.2, 0) is 0 Å². The molecule has 0 aliphatic rings. The van der Waals surface area contributed by atoms with Crippen LogP contribution < -0.4 is 4.74 Å². The molecule has 0 amide bonds. The number of halogens is 1. The average Bonchev–Trinajstić information content (AvgIpc) is 2.32. The second kappa shape index (κ2) is 4.54. The van der Waals surface area contributed by atoms with Gasteiger partial charge in [-0.15, -0.1) is 0 Å². The van der Waals surface area contributed by atoms with E-state index in [0.717, 1.165) is 22.4 Å². The van der Waals surface area contributed by atoms with Crippen molar-refractivity contribution in [1.29, 1.82) is 0 Å². The van der Waals surface area contributed by atoms with Crippen LogP contribution in [0.3, 0.4) is 0 Å². The number of para-hydroxylation sites is 1. The van der Waals surface area contributed by atoms with E-state index in [1.807, 2.05) is 37.3 Å². The van der Waals surface area contributed by atoms with E-state index in [1.165, 1.54) is 0 Å². The lowest BCUT2D eigenvalue weighted by Gasteiger charge is -2.08. The minimum absolute atomic E-state index is 0.540. The van der Waals surface area contributed by atoms with E-state index in [9.17, 15) is 0 Å². The highest BCUT2D eigenvalue weighted by molar-refractivity contribution is 6.30. The fourth-order valence-corrected chi connectivity index (χ4v) is 1.69. The molecule has 0 aliphatic carbocycles. The topological polar surface area (TPSA) is 22.1 Å². The molecule has 0 aliphatic heterocycles. The first kappa shape index (κ1) is 11.0. The van der Waals surface area contributed by atoms with Crippen molar-refractivity contribution >= 4 is 11.6 Å². The number of pyridine rings is 1. The minimum Gasteiger partial charge on any atom is -0.496 e. The lowest BCUT2D eigenvalue weighted by molar-refractivity contribution is 0.416. The predicted molar refractivity (Wildman–Crippen MR) is 66.0 cm³/mol. The molecule has 2 nitrogen and oxygen atoms in total. The van der Waals surface area contributed by atoms with Crippen LogP contribution in [0.25, 0.3) is 11.1 Å². The molecule has 0 radical (unpaired) electrons. The standard InChI is InChI=1S/C13H12ClNO/c1-9-7-10(8-15-13(9)14)11-5-3-4-6-12(11)16-2/h3-8H,1-2H3. The second-order valence-electron chi connectivity index (χ2n) is 3.53. The molecule has 1 heterocycles. The number of ether oxygens (including phenoxy) is 1. The van der Waals surface area contributed by atoms with E-state index in [4.69, 9.17) is 16.3 Å². The number of methoxy groups -OCH3 is 1. The van der Waals surface area contributed by atoms with Crippen LogP contribution in [0.15, 0.2) is 36.5 Å². The van der Waals surface area contributed by atoms with E-state index in [2.05, 4.69) is 4.98 Å². The van der Waals surface area contributed by atoms with Gasteiger partial charge in [-0.1, -0.05) is 29.8 Å². The summed E-state index contributed by atoms with van der Waals surface area (Å²) in [7, 11) is 1.66. The molecule has 0 saturated heterocycles. The summed E-state index contributed by atoms with van der Waals surface area (Å²) in [5, 5.41) is 0.540. The van der Waals surface area contributed by atoms with Gasteiger partial charge >= 0.3 is 0 Å². The molecular weight excluding hydrogens is 222 g/mol. The van der Waals surface area contributed by atoms with Gasteiger partial charge in [0.1, 0.15) is 10.9 Å². The molecular formula is C13H12ClNO. The van der Waals surface area contributed by atoms with E-state index in [0.29, 0.717) is 5.15 Å². The Kier molecular flexibility index (Phi) is 3.11. The molecule has 0 N–H and O–H groups in total. The fraction of sp³-hybridized carbons (Fsp3) is 0.154. The van der Waals surface area contributed by atoms with Crippen molar-refractivity contribution in [1.82, 2.24) is 4.98 Å². The third kappa shape index (κ3) is 2.02. The maximum Gasteiger partial charge on any atom is 0.131 e. The summed E-state index contributed by atoms with van der Waals surface area (Å²) in [4.78, 5) is 4.14. The molecule has 16 heavy (non-hydrogen) atoms. The highest BCUT2D eigenvalue weighted by atomic mass is 35.5. The molecule has 0 atom stereocenters. The van der Waals surface area contributed by atoms with Crippen LogP contribution in [0.2, 0.25) is 5.15 Å². The van der Waals surface area contributed by atoms with Crippen molar-refractivity contribution in [3.8, 4) is 16.9 Å². The predicted octanol–water partition coefficient (Wildman–Crippen LogP) is 3.72. The molecule has 2 aromatic rings. The van der Waals surface area contributed by atoms with Gasteiger partial charge in [0.15, 0.2) is 0 Å². The Labute approximate surface area is 99.9 Å². The lowest BCUT2D eigenvalue weighted by Crippen LogP contribution is -1.89. The number of hydrogen-bond acceptors (Lipinski definition) is 2. The van der Waals surface area contributed by atoms with Gasteiger partial charge in [0, 0.05) is 17.3 Å². The number of nitrogens with zero attached hydrogens (tertiary/aromatic N) is 1. The number of aromatic nitrogens is 1. The third-order valence-corrected chi connectivity index (χ3v) is 2.83. The van der Waals surface area contributed by atoms with Crippen molar-refractivity contribution in [3.05, 3.63) is 47.2 Å². The SMILES string of the molecule is COc1ccccc1-c1cnc(Cl)c(C)c1. The average molecular weight is 234 g/mol. The molecule has 2 rings (SSSR count). The van der Waals surface area contributed by atoms with Gasteiger partial charge in [-0.3, -0.25) is 0 Å². The summed E-state index contributed by atoms with van der Waals surface area (Å²) in [5.74, 6) is 0.839. The second-order valence-corrected chi connectivity index (χ2v) is 3.89. The Hall–Kier alpha value is -1.54. The summed E-state index contributed by atoms with van der Waals surface area (Å²) in [5.41, 5.74) is 3.00. The van der Waals surface area contributed by atoms with Crippen molar-refractivity contribution in [3.63, 3.8) is 0 Å². The first-order valence-corrected chi connectivity index (χ1v) is 5.35. The summed E-state index contributed by atoms with van der Waals surface area (Å²) in [6.45, 7) is 1.94. The van der Waals surface area contributed by atoms with Gasteiger partial charge in [-0.25, -0.2) is 4.98 Å². The van der Waals surface area contributed by atoms with E-state index in [1.54, 1.807) is 13.3 Å². The summed E-state index contributed by atoms with van der Waals surface area (Å²) in [6.07, 6.45) is 1.76. The highest BCUT2D eigenvalue weighted by Crippen LogP contribution is 2.30. The van der Waals surface area contributed by atoms with Gasteiger partial charge in [-0.05, 0) is 24.6 Å². The number of hydrogen-bond donors (Lipinski definition) is 0. The van der Waals surface area contributed by atoms with Crippen LogP contribution in [-0.4, -0.2) is 12.1 Å². The Balaban J connectivity index is 2.54. The van der Waals surface area contributed by atoms with Crippen LogP contribution in [0.1, 0.15) is 5.56 Å². The van der Waals surface area contributed by atoms with Crippen molar-refractivity contribution in [2.45, 2.75) is 6.92 Å². The van der Waals surface area contributed by atoms with E-state index >= 15 is 0 Å². The van der Waals surface area contributed by atoms with Gasteiger partial charge < -0.3 is 4.74 Å². The highest BCUT2D eigenvalue weighted by Gasteiger charge is 2.06. The monoisotopic (exact) mass is 233 g/mol. The van der Waals surface area contributed by atoms with Gasteiger partial charge in [0.05, 0.1) is 7.11 Å². The molecule has 1 aromatic carbocycles. The lowest BCUT2D eigenvalue weighted by atomic mass is 10.1. The van der Waals surface area contributed by atoms with Crippen LogP contribution in [0, 0.1) is 6.92 Å². The molecule has 82 valence electrons. The number of benzene rings is 1.